The first-order valence-corrected chi connectivity index (χ1v) is 6.68. The van der Waals surface area contributed by atoms with Crippen LogP contribution in [0.4, 0.5) is 0 Å². The van der Waals surface area contributed by atoms with Crippen LogP contribution in [-0.2, 0) is 16.0 Å². The van der Waals surface area contributed by atoms with E-state index in [2.05, 4.69) is 10.3 Å². The zero-order valence-corrected chi connectivity index (χ0v) is 11.6. The van der Waals surface area contributed by atoms with Crippen LogP contribution in [0.3, 0.4) is 0 Å². The highest BCUT2D eigenvalue weighted by molar-refractivity contribution is 5.88. The van der Waals surface area contributed by atoms with Crippen LogP contribution in [0.25, 0.3) is 10.9 Å². The summed E-state index contributed by atoms with van der Waals surface area (Å²) in [5.74, 6) is -0.0646. The topological polar surface area (TPSA) is 74.3 Å². The Morgan fingerprint density at radius 3 is 3.00 bits per heavy atom. The molecule has 5 heteroatoms. The van der Waals surface area contributed by atoms with Crippen molar-refractivity contribution in [2.24, 2.45) is 0 Å². The zero-order chi connectivity index (χ0) is 14.4. The minimum Gasteiger partial charge on any atom is -0.396 e. The molecule has 0 spiro atoms. The number of rotatable bonds is 7. The lowest BCUT2D eigenvalue weighted by Gasteiger charge is -2.16. The number of carbonyl (C=O) groups is 1. The van der Waals surface area contributed by atoms with E-state index >= 15 is 0 Å². The van der Waals surface area contributed by atoms with Crippen LogP contribution in [0.2, 0.25) is 0 Å². The summed E-state index contributed by atoms with van der Waals surface area (Å²) in [6.07, 6.45) is 2.67. The summed E-state index contributed by atoms with van der Waals surface area (Å²) in [4.78, 5) is 15.2. The van der Waals surface area contributed by atoms with Crippen molar-refractivity contribution >= 4 is 16.8 Å². The Balaban J connectivity index is 2.00. The molecule has 1 amide bonds. The van der Waals surface area contributed by atoms with Gasteiger partial charge in [0, 0.05) is 30.8 Å². The standard InChI is InChI=1S/C15H20N2O3/c1-20-10-12(6-7-18)17-15(19)8-11-9-16-14-5-3-2-4-13(11)14/h2-5,9,12,16,18H,6-8,10H2,1H3,(H,17,19). The Hall–Kier alpha value is -1.85. The molecule has 2 aromatic rings. The van der Waals surface area contributed by atoms with E-state index in [0.29, 0.717) is 19.4 Å². The number of H-pyrrole nitrogens is 1. The number of para-hydroxylation sites is 1. The van der Waals surface area contributed by atoms with Gasteiger partial charge in [-0.15, -0.1) is 0 Å². The highest BCUT2D eigenvalue weighted by Crippen LogP contribution is 2.18. The van der Waals surface area contributed by atoms with Gasteiger partial charge in [-0.05, 0) is 18.1 Å². The highest BCUT2D eigenvalue weighted by Gasteiger charge is 2.13. The molecule has 1 unspecified atom stereocenters. The molecule has 0 saturated carbocycles. The molecule has 3 N–H and O–H groups in total. The number of hydrogen-bond donors (Lipinski definition) is 3. The van der Waals surface area contributed by atoms with Crippen molar-refractivity contribution in [3.63, 3.8) is 0 Å². The summed E-state index contributed by atoms with van der Waals surface area (Å²) in [5, 5.41) is 12.9. The maximum absolute atomic E-state index is 12.1. The molecule has 1 heterocycles. The van der Waals surface area contributed by atoms with Crippen molar-refractivity contribution < 1.29 is 14.6 Å². The van der Waals surface area contributed by atoms with Crippen LogP contribution in [-0.4, -0.2) is 42.4 Å². The number of amides is 1. The summed E-state index contributed by atoms with van der Waals surface area (Å²) < 4.78 is 5.03. The Labute approximate surface area is 117 Å². The molecule has 1 aromatic carbocycles. The summed E-state index contributed by atoms with van der Waals surface area (Å²) in [5.41, 5.74) is 2.00. The molecule has 0 bridgehead atoms. The van der Waals surface area contributed by atoms with Gasteiger partial charge in [-0.25, -0.2) is 0 Å². The molecule has 0 aliphatic carbocycles. The van der Waals surface area contributed by atoms with Crippen LogP contribution in [0.15, 0.2) is 30.5 Å². The smallest absolute Gasteiger partial charge is 0.224 e. The van der Waals surface area contributed by atoms with Gasteiger partial charge in [-0.3, -0.25) is 4.79 Å². The largest absolute Gasteiger partial charge is 0.396 e. The summed E-state index contributed by atoms with van der Waals surface area (Å²) >= 11 is 0. The van der Waals surface area contributed by atoms with Gasteiger partial charge in [0.1, 0.15) is 0 Å². The predicted octanol–water partition coefficient (Wildman–Crippen LogP) is 1.22. The minimum absolute atomic E-state index is 0.0292. The van der Waals surface area contributed by atoms with Gasteiger partial charge in [0.05, 0.1) is 19.1 Å². The normalized spacial score (nSPS) is 12.5. The van der Waals surface area contributed by atoms with E-state index in [1.54, 1.807) is 7.11 Å². The van der Waals surface area contributed by atoms with E-state index < -0.39 is 0 Å². The van der Waals surface area contributed by atoms with Gasteiger partial charge in [-0.1, -0.05) is 18.2 Å². The van der Waals surface area contributed by atoms with E-state index in [9.17, 15) is 4.79 Å². The first kappa shape index (κ1) is 14.6. The number of ether oxygens (including phenoxy) is 1. The Morgan fingerprint density at radius 1 is 1.45 bits per heavy atom. The molecule has 0 aliphatic heterocycles. The van der Waals surface area contributed by atoms with Crippen molar-refractivity contribution in [3.05, 3.63) is 36.0 Å². The number of nitrogens with one attached hydrogen (secondary N) is 2. The number of hydrogen-bond acceptors (Lipinski definition) is 3. The molecule has 5 nitrogen and oxygen atoms in total. The van der Waals surface area contributed by atoms with Crippen LogP contribution in [0.1, 0.15) is 12.0 Å². The van der Waals surface area contributed by atoms with E-state index in [1.807, 2.05) is 30.5 Å². The minimum atomic E-state index is -0.150. The van der Waals surface area contributed by atoms with Gasteiger partial charge in [-0.2, -0.15) is 0 Å². The second-order valence-electron chi connectivity index (χ2n) is 4.77. The third kappa shape index (κ3) is 3.59. The average molecular weight is 276 g/mol. The van der Waals surface area contributed by atoms with Gasteiger partial charge in [0.25, 0.3) is 0 Å². The van der Waals surface area contributed by atoms with Gasteiger partial charge >= 0.3 is 0 Å². The molecule has 2 rings (SSSR count). The number of aromatic amines is 1. The fourth-order valence-electron chi connectivity index (χ4n) is 2.28. The average Bonchev–Trinajstić information content (AvgIpc) is 2.83. The monoisotopic (exact) mass is 276 g/mol. The van der Waals surface area contributed by atoms with E-state index in [1.165, 1.54) is 0 Å². The van der Waals surface area contributed by atoms with Gasteiger partial charge in [0.2, 0.25) is 5.91 Å². The third-order valence-electron chi connectivity index (χ3n) is 3.24. The molecule has 0 saturated heterocycles. The SMILES string of the molecule is COCC(CCO)NC(=O)Cc1c[nH]c2ccccc12. The van der Waals surface area contributed by atoms with Gasteiger partial charge < -0.3 is 20.1 Å². The molecule has 0 radical (unpaired) electrons. The number of methoxy groups -OCH3 is 1. The molecule has 1 atom stereocenters. The molecular weight excluding hydrogens is 256 g/mol. The molecule has 0 fully saturated rings. The Bertz CT molecular complexity index is 559. The van der Waals surface area contributed by atoms with Crippen LogP contribution in [0, 0.1) is 0 Å². The molecular formula is C15H20N2O3. The lowest BCUT2D eigenvalue weighted by atomic mass is 10.1. The number of fused-ring (bicyclic) bond motifs is 1. The molecule has 1 aromatic heterocycles. The Kier molecular flexibility index (Phi) is 5.15. The lowest BCUT2D eigenvalue weighted by Crippen LogP contribution is -2.39. The van der Waals surface area contributed by atoms with Crippen molar-refractivity contribution in [2.45, 2.75) is 18.9 Å². The molecule has 0 aliphatic rings. The van der Waals surface area contributed by atoms with Gasteiger partial charge in [0.15, 0.2) is 0 Å². The van der Waals surface area contributed by atoms with Crippen molar-refractivity contribution in [1.82, 2.24) is 10.3 Å². The number of aliphatic hydroxyl groups is 1. The van der Waals surface area contributed by atoms with Crippen molar-refractivity contribution in [1.29, 1.82) is 0 Å². The van der Waals surface area contributed by atoms with E-state index in [-0.39, 0.29) is 18.6 Å². The summed E-state index contributed by atoms with van der Waals surface area (Å²) in [7, 11) is 1.58. The number of benzene rings is 1. The van der Waals surface area contributed by atoms with Crippen LogP contribution in [0.5, 0.6) is 0 Å². The molecule has 108 valence electrons. The fourth-order valence-corrected chi connectivity index (χ4v) is 2.28. The van der Waals surface area contributed by atoms with Crippen molar-refractivity contribution in [2.75, 3.05) is 20.3 Å². The van der Waals surface area contributed by atoms with E-state index in [0.717, 1.165) is 16.5 Å². The zero-order valence-electron chi connectivity index (χ0n) is 11.6. The van der Waals surface area contributed by atoms with Crippen LogP contribution >= 0.6 is 0 Å². The second kappa shape index (κ2) is 7.07. The summed E-state index contributed by atoms with van der Waals surface area (Å²) in [6, 6.07) is 7.74. The van der Waals surface area contributed by atoms with Crippen LogP contribution < -0.4 is 5.32 Å². The third-order valence-corrected chi connectivity index (χ3v) is 3.24. The van der Waals surface area contributed by atoms with E-state index in [4.69, 9.17) is 9.84 Å². The number of aromatic nitrogens is 1. The van der Waals surface area contributed by atoms with Crippen molar-refractivity contribution in [3.8, 4) is 0 Å². The Morgan fingerprint density at radius 2 is 2.25 bits per heavy atom. The number of aliphatic hydroxyl groups excluding tert-OH is 1. The lowest BCUT2D eigenvalue weighted by molar-refractivity contribution is -0.121. The maximum Gasteiger partial charge on any atom is 0.224 e. The maximum atomic E-state index is 12.1. The summed E-state index contributed by atoms with van der Waals surface area (Å²) in [6.45, 7) is 0.432. The fraction of sp³-hybridized carbons (Fsp3) is 0.400. The first-order valence-electron chi connectivity index (χ1n) is 6.68. The highest BCUT2D eigenvalue weighted by atomic mass is 16.5. The molecule has 20 heavy (non-hydrogen) atoms. The number of carbonyl (C=O) groups excluding carboxylic acids is 1. The quantitative estimate of drug-likeness (QED) is 0.712. The predicted molar refractivity (Wildman–Crippen MR) is 77.5 cm³/mol. The first-order chi connectivity index (χ1) is 9.74. The second-order valence-corrected chi connectivity index (χ2v) is 4.77.